The van der Waals surface area contributed by atoms with Crippen LogP contribution in [0.2, 0.25) is 10.0 Å². The van der Waals surface area contributed by atoms with Gasteiger partial charge in [0.2, 0.25) is 0 Å². The number of nitrogens with zero attached hydrogens (tertiary/aromatic N) is 1. The minimum Gasteiger partial charge on any atom is -0.369 e. The van der Waals surface area contributed by atoms with Gasteiger partial charge in [-0.3, -0.25) is 0 Å². The zero-order valence-electron chi connectivity index (χ0n) is 11.0. The summed E-state index contributed by atoms with van der Waals surface area (Å²) >= 11 is 12.3. The predicted molar refractivity (Wildman–Crippen MR) is 78.8 cm³/mol. The highest BCUT2D eigenvalue weighted by atomic mass is 35.5. The fourth-order valence-corrected chi connectivity index (χ4v) is 2.29. The van der Waals surface area contributed by atoms with E-state index in [0.717, 1.165) is 25.2 Å². The molecule has 0 saturated heterocycles. The highest BCUT2D eigenvalue weighted by molar-refractivity contribution is 6.37. The van der Waals surface area contributed by atoms with Crippen molar-refractivity contribution >= 4 is 34.8 Å². The summed E-state index contributed by atoms with van der Waals surface area (Å²) in [6, 6.07) is 2.19. The van der Waals surface area contributed by atoms with Crippen molar-refractivity contribution in [3.05, 3.63) is 16.1 Å². The van der Waals surface area contributed by atoms with Gasteiger partial charge in [0.1, 0.15) is 11.6 Å². The van der Waals surface area contributed by atoms with Gasteiger partial charge in [0.05, 0.1) is 10.0 Å². The van der Waals surface area contributed by atoms with Gasteiger partial charge in [0, 0.05) is 12.6 Å². The number of rotatable bonds is 5. The van der Waals surface area contributed by atoms with Crippen molar-refractivity contribution in [2.75, 3.05) is 17.2 Å². The summed E-state index contributed by atoms with van der Waals surface area (Å²) in [5, 5.41) is 7.72. The topological polar surface area (TPSA) is 37.0 Å². The van der Waals surface area contributed by atoms with E-state index in [4.69, 9.17) is 23.2 Å². The Labute approximate surface area is 118 Å². The lowest BCUT2D eigenvalue weighted by molar-refractivity contribution is 0.630. The number of anilines is 2. The average Bonchev–Trinajstić information content (AvgIpc) is 2.88. The molecule has 1 fully saturated rings. The van der Waals surface area contributed by atoms with E-state index in [1.165, 1.54) is 0 Å². The van der Waals surface area contributed by atoms with Crippen LogP contribution in [0.25, 0.3) is 0 Å². The van der Waals surface area contributed by atoms with Crippen LogP contribution >= 0.6 is 23.2 Å². The lowest BCUT2D eigenvalue weighted by atomic mass is 10.2. The van der Waals surface area contributed by atoms with E-state index in [0.29, 0.717) is 27.3 Å². The van der Waals surface area contributed by atoms with Crippen molar-refractivity contribution in [1.29, 1.82) is 0 Å². The van der Waals surface area contributed by atoms with E-state index in [-0.39, 0.29) is 0 Å². The lowest BCUT2D eigenvalue weighted by Gasteiger charge is -2.13. The monoisotopic (exact) mass is 287 g/mol. The Balaban J connectivity index is 2.14. The molecule has 0 aliphatic heterocycles. The summed E-state index contributed by atoms with van der Waals surface area (Å²) in [6.45, 7) is 7.40. The molecule has 1 aliphatic carbocycles. The summed E-state index contributed by atoms with van der Waals surface area (Å²) in [5.41, 5.74) is 0.335. The SMILES string of the molecule is CCCNc1nc(NC2CC2(C)C)c(Cl)cc1Cl. The molecular weight excluding hydrogens is 269 g/mol. The largest absolute Gasteiger partial charge is 0.369 e. The van der Waals surface area contributed by atoms with Crippen molar-refractivity contribution in [3.8, 4) is 0 Å². The van der Waals surface area contributed by atoms with Crippen molar-refractivity contribution < 1.29 is 0 Å². The molecule has 1 aliphatic rings. The smallest absolute Gasteiger partial charge is 0.147 e. The molecule has 1 atom stereocenters. The molecule has 0 radical (unpaired) electrons. The minimum atomic E-state index is 0.335. The van der Waals surface area contributed by atoms with E-state index in [1.807, 2.05) is 0 Å². The van der Waals surface area contributed by atoms with Crippen LogP contribution in [0.5, 0.6) is 0 Å². The van der Waals surface area contributed by atoms with Gasteiger partial charge < -0.3 is 10.6 Å². The molecule has 0 spiro atoms. The number of hydrogen-bond donors (Lipinski definition) is 2. The maximum atomic E-state index is 6.16. The van der Waals surface area contributed by atoms with Crippen LogP contribution in [0.3, 0.4) is 0 Å². The molecule has 1 heterocycles. The normalized spacial score (nSPS) is 20.6. The Morgan fingerprint density at radius 1 is 1.33 bits per heavy atom. The van der Waals surface area contributed by atoms with Crippen LogP contribution in [0.4, 0.5) is 11.6 Å². The third kappa shape index (κ3) is 3.01. The molecular formula is C13H19Cl2N3. The van der Waals surface area contributed by atoms with E-state index >= 15 is 0 Å². The summed E-state index contributed by atoms with van der Waals surface area (Å²) in [5.74, 6) is 1.42. The number of halogens is 2. The molecule has 2 N–H and O–H groups in total. The van der Waals surface area contributed by atoms with Gasteiger partial charge in [0.25, 0.3) is 0 Å². The van der Waals surface area contributed by atoms with Crippen LogP contribution in [-0.2, 0) is 0 Å². The lowest BCUT2D eigenvalue weighted by Crippen LogP contribution is -2.11. The van der Waals surface area contributed by atoms with Crippen LogP contribution in [0.15, 0.2) is 6.07 Å². The molecule has 0 amide bonds. The molecule has 1 aromatic rings. The van der Waals surface area contributed by atoms with E-state index in [2.05, 4.69) is 36.4 Å². The molecule has 1 aromatic heterocycles. The molecule has 1 saturated carbocycles. The van der Waals surface area contributed by atoms with Gasteiger partial charge >= 0.3 is 0 Å². The first kappa shape index (κ1) is 13.8. The van der Waals surface area contributed by atoms with Crippen molar-refractivity contribution in [3.63, 3.8) is 0 Å². The molecule has 1 unspecified atom stereocenters. The summed E-state index contributed by atoms with van der Waals surface area (Å²) in [4.78, 5) is 4.47. The maximum Gasteiger partial charge on any atom is 0.147 e. The van der Waals surface area contributed by atoms with Gasteiger partial charge in [-0.25, -0.2) is 4.98 Å². The fourth-order valence-electron chi connectivity index (χ4n) is 1.81. The van der Waals surface area contributed by atoms with Crippen molar-refractivity contribution in [2.24, 2.45) is 5.41 Å². The Hall–Kier alpha value is -0.670. The second-order valence-corrected chi connectivity index (χ2v) is 6.28. The Bertz CT molecular complexity index is 446. The van der Waals surface area contributed by atoms with Crippen molar-refractivity contribution in [2.45, 2.75) is 39.7 Å². The predicted octanol–water partition coefficient (Wildman–Crippen LogP) is 4.42. The fraction of sp³-hybridized carbons (Fsp3) is 0.615. The molecule has 0 bridgehead atoms. The highest BCUT2D eigenvalue weighted by Crippen LogP contribution is 2.47. The summed E-state index contributed by atoms with van der Waals surface area (Å²) in [6.07, 6.45) is 2.17. The zero-order chi connectivity index (χ0) is 13.3. The summed E-state index contributed by atoms with van der Waals surface area (Å²) in [7, 11) is 0. The second-order valence-electron chi connectivity index (χ2n) is 5.47. The molecule has 0 aromatic carbocycles. The standard InChI is InChI=1S/C13H19Cl2N3/c1-4-5-16-11-8(14)6-9(15)12(18-11)17-10-7-13(10,2)3/h6,10H,4-5,7H2,1-3H3,(H2,16,17,18). The van der Waals surface area contributed by atoms with Gasteiger partial charge in [-0.2, -0.15) is 0 Å². The molecule has 3 nitrogen and oxygen atoms in total. The van der Waals surface area contributed by atoms with Crippen LogP contribution in [-0.4, -0.2) is 17.6 Å². The average molecular weight is 288 g/mol. The zero-order valence-corrected chi connectivity index (χ0v) is 12.5. The number of pyridine rings is 1. The quantitative estimate of drug-likeness (QED) is 0.842. The van der Waals surface area contributed by atoms with E-state index in [1.54, 1.807) is 6.07 Å². The Kier molecular flexibility index (Phi) is 3.93. The summed E-state index contributed by atoms with van der Waals surface area (Å²) < 4.78 is 0. The van der Waals surface area contributed by atoms with Gasteiger partial charge in [0.15, 0.2) is 0 Å². The van der Waals surface area contributed by atoms with Gasteiger partial charge in [-0.1, -0.05) is 44.0 Å². The molecule has 100 valence electrons. The Morgan fingerprint density at radius 3 is 2.50 bits per heavy atom. The Morgan fingerprint density at radius 2 is 1.94 bits per heavy atom. The minimum absolute atomic E-state index is 0.335. The third-order valence-corrected chi connectivity index (χ3v) is 3.87. The van der Waals surface area contributed by atoms with Gasteiger partial charge in [-0.15, -0.1) is 0 Å². The van der Waals surface area contributed by atoms with Crippen LogP contribution < -0.4 is 10.6 Å². The highest BCUT2D eigenvalue weighted by Gasteiger charge is 2.46. The maximum absolute atomic E-state index is 6.16. The van der Waals surface area contributed by atoms with E-state index < -0.39 is 0 Å². The molecule has 18 heavy (non-hydrogen) atoms. The molecule has 2 rings (SSSR count). The van der Waals surface area contributed by atoms with E-state index in [9.17, 15) is 0 Å². The van der Waals surface area contributed by atoms with Crippen LogP contribution in [0, 0.1) is 5.41 Å². The first-order valence-corrected chi connectivity index (χ1v) is 7.06. The first-order chi connectivity index (χ1) is 8.44. The first-order valence-electron chi connectivity index (χ1n) is 6.30. The number of aromatic nitrogens is 1. The second kappa shape index (κ2) is 5.14. The number of nitrogens with one attached hydrogen (secondary N) is 2. The molecule has 5 heteroatoms. The van der Waals surface area contributed by atoms with Crippen molar-refractivity contribution in [1.82, 2.24) is 4.98 Å². The van der Waals surface area contributed by atoms with Gasteiger partial charge in [-0.05, 0) is 24.3 Å². The third-order valence-electron chi connectivity index (χ3n) is 3.30. The van der Waals surface area contributed by atoms with Crippen LogP contribution in [0.1, 0.15) is 33.6 Å². The number of hydrogen-bond acceptors (Lipinski definition) is 3.